The second-order valence-electron chi connectivity index (χ2n) is 8.59. The fourth-order valence-corrected chi connectivity index (χ4v) is 4.47. The second kappa shape index (κ2) is 9.02. The molecule has 2 aliphatic carbocycles. The van der Waals surface area contributed by atoms with Gasteiger partial charge in [0.2, 0.25) is 5.91 Å². The molecule has 0 bridgehead atoms. The Bertz CT molecular complexity index is 985. The Morgan fingerprint density at radius 1 is 1.06 bits per heavy atom. The highest BCUT2D eigenvalue weighted by molar-refractivity contribution is 5.93. The molecular formula is C25H28N2O5. The number of carbonyl (C=O) groups excluding carboxylic acids is 2. The predicted octanol–water partition coefficient (Wildman–Crippen LogP) is 3.82. The maximum absolute atomic E-state index is 12.7. The number of benzene rings is 2. The van der Waals surface area contributed by atoms with E-state index in [-0.39, 0.29) is 24.9 Å². The van der Waals surface area contributed by atoms with Crippen molar-refractivity contribution < 1.29 is 24.2 Å². The van der Waals surface area contributed by atoms with Crippen LogP contribution in [0.1, 0.15) is 56.1 Å². The molecule has 3 N–H and O–H groups in total. The van der Waals surface area contributed by atoms with Crippen molar-refractivity contribution in [3.63, 3.8) is 0 Å². The van der Waals surface area contributed by atoms with Crippen LogP contribution in [0.15, 0.2) is 48.5 Å². The second-order valence-corrected chi connectivity index (χ2v) is 8.59. The quantitative estimate of drug-likeness (QED) is 0.554. The Morgan fingerprint density at radius 3 is 2.19 bits per heavy atom. The number of alkyl carbamates (subject to hydrolysis) is 1. The SMILES string of the molecule is CCC[C@@H](CC(=O)O)NC(=O)C1(NC(=O)OCC2c3ccccc3-c3ccccc32)CC1. The molecule has 0 heterocycles. The molecule has 0 aromatic heterocycles. The van der Waals surface area contributed by atoms with E-state index in [4.69, 9.17) is 9.84 Å². The average Bonchev–Trinajstić information content (AvgIpc) is 3.48. The van der Waals surface area contributed by atoms with Gasteiger partial charge in [0, 0.05) is 12.0 Å². The molecule has 1 atom stereocenters. The summed E-state index contributed by atoms with van der Waals surface area (Å²) < 4.78 is 5.56. The zero-order chi connectivity index (χ0) is 22.7. The van der Waals surface area contributed by atoms with Crippen LogP contribution < -0.4 is 10.6 Å². The number of rotatable bonds is 9. The van der Waals surface area contributed by atoms with Gasteiger partial charge < -0.3 is 20.5 Å². The summed E-state index contributed by atoms with van der Waals surface area (Å²) in [7, 11) is 0. The fraction of sp³-hybridized carbons (Fsp3) is 0.400. The molecule has 2 aliphatic rings. The minimum Gasteiger partial charge on any atom is -0.481 e. The number of carboxylic acid groups (broad SMARTS) is 1. The van der Waals surface area contributed by atoms with Gasteiger partial charge in [-0.3, -0.25) is 9.59 Å². The van der Waals surface area contributed by atoms with Crippen LogP contribution >= 0.6 is 0 Å². The molecule has 0 unspecified atom stereocenters. The molecule has 2 amide bonds. The number of nitrogens with one attached hydrogen (secondary N) is 2. The van der Waals surface area contributed by atoms with Crippen LogP contribution in [0, 0.1) is 0 Å². The smallest absolute Gasteiger partial charge is 0.408 e. The van der Waals surface area contributed by atoms with Crippen molar-refractivity contribution in [3.8, 4) is 11.1 Å². The van der Waals surface area contributed by atoms with Crippen molar-refractivity contribution in [2.45, 2.75) is 56.5 Å². The summed E-state index contributed by atoms with van der Waals surface area (Å²) in [6.07, 6.45) is 1.57. The number of carboxylic acids is 1. The van der Waals surface area contributed by atoms with E-state index < -0.39 is 23.6 Å². The first kappa shape index (κ1) is 21.9. The molecule has 0 radical (unpaired) electrons. The van der Waals surface area contributed by atoms with Gasteiger partial charge in [-0.1, -0.05) is 61.9 Å². The molecule has 4 rings (SSSR count). The largest absolute Gasteiger partial charge is 0.481 e. The van der Waals surface area contributed by atoms with Crippen LogP contribution in [0.5, 0.6) is 0 Å². The summed E-state index contributed by atoms with van der Waals surface area (Å²) in [5, 5.41) is 14.6. The monoisotopic (exact) mass is 436 g/mol. The molecule has 7 nitrogen and oxygen atoms in total. The lowest BCUT2D eigenvalue weighted by Gasteiger charge is -2.22. The van der Waals surface area contributed by atoms with E-state index in [2.05, 4.69) is 22.8 Å². The van der Waals surface area contributed by atoms with Crippen molar-refractivity contribution in [1.82, 2.24) is 10.6 Å². The van der Waals surface area contributed by atoms with E-state index >= 15 is 0 Å². The van der Waals surface area contributed by atoms with E-state index in [9.17, 15) is 14.4 Å². The summed E-state index contributed by atoms with van der Waals surface area (Å²) in [5.74, 6) is -1.36. The van der Waals surface area contributed by atoms with Gasteiger partial charge in [-0.05, 0) is 41.5 Å². The normalized spacial score (nSPS) is 16.4. The topological polar surface area (TPSA) is 105 Å². The molecule has 0 aliphatic heterocycles. The van der Waals surface area contributed by atoms with Crippen LogP contribution in [0.3, 0.4) is 0 Å². The Balaban J connectivity index is 1.37. The fourth-order valence-electron chi connectivity index (χ4n) is 4.47. The minimum atomic E-state index is -1.01. The highest BCUT2D eigenvalue weighted by Crippen LogP contribution is 2.44. The van der Waals surface area contributed by atoms with Crippen molar-refractivity contribution in [1.29, 1.82) is 0 Å². The van der Waals surface area contributed by atoms with Crippen molar-refractivity contribution in [3.05, 3.63) is 59.7 Å². The molecule has 168 valence electrons. The van der Waals surface area contributed by atoms with Gasteiger partial charge in [0.15, 0.2) is 0 Å². The number of fused-ring (bicyclic) bond motifs is 3. The summed E-state index contributed by atoms with van der Waals surface area (Å²) in [4.78, 5) is 36.4. The standard InChI is InChI=1S/C25H28N2O5/c1-2-7-16(14-22(28)29)26-23(30)25(12-13-25)27-24(31)32-15-21-19-10-5-3-8-17(19)18-9-4-6-11-20(18)21/h3-6,8-11,16,21H,2,7,12-15H2,1H3,(H,26,30)(H,27,31)(H,28,29)/t16-/m0/s1. The van der Waals surface area contributed by atoms with E-state index in [0.717, 1.165) is 28.7 Å². The third-order valence-electron chi connectivity index (χ3n) is 6.26. The molecule has 0 spiro atoms. The van der Waals surface area contributed by atoms with Gasteiger partial charge >= 0.3 is 12.1 Å². The van der Waals surface area contributed by atoms with Crippen LogP contribution in [-0.2, 0) is 14.3 Å². The third-order valence-corrected chi connectivity index (χ3v) is 6.26. The number of amides is 2. The van der Waals surface area contributed by atoms with Crippen LogP contribution in [0.2, 0.25) is 0 Å². The zero-order valence-electron chi connectivity index (χ0n) is 18.1. The number of hydrogen-bond acceptors (Lipinski definition) is 4. The number of ether oxygens (including phenoxy) is 1. The molecule has 7 heteroatoms. The van der Waals surface area contributed by atoms with E-state index in [1.807, 2.05) is 43.3 Å². The van der Waals surface area contributed by atoms with Crippen LogP contribution in [0.4, 0.5) is 4.79 Å². The van der Waals surface area contributed by atoms with Crippen molar-refractivity contribution >= 4 is 18.0 Å². The Morgan fingerprint density at radius 2 is 1.66 bits per heavy atom. The first-order valence-corrected chi connectivity index (χ1v) is 11.1. The van der Waals surface area contributed by atoms with Crippen LogP contribution in [0.25, 0.3) is 11.1 Å². The zero-order valence-corrected chi connectivity index (χ0v) is 18.1. The number of hydrogen-bond donors (Lipinski definition) is 3. The maximum Gasteiger partial charge on any atom is 0.408 e. The van der Waals surface area contributed by atoms with Gasteiger partial charge in [0.1, 0.15) is 12.1 Å². The van der Waals surface area contributed by atoms with Gasteiger partial charge in [0.05, 0.1) is 6.42 Å². The van der Waals surface area contributed by atoms with Gasteiger partial charge in [-0.2, -0.15) is 0 Å². The molecule has 2 aromatic carbocycles. The minimum absolute atomic E-state index is 0.0540. The first-order valence-electron chi connectivity index (χ1n) is 11.1. The van der Waals surface area contributed by atoms with E-state index in [0.29, 0.717) is 19.3 Å². The molecule has 32 heavy (non-hydrogen) atoms. The Hall–Kier alpha value is -3.35. The predicted molar refractivity (Wildman–Crippen MR) is 119 cm³/mol. The van der Waals surface area contributed by atoms with Gasteiger partial charge in [-0.25, -0.2) is 4.79 Å². The molecule has 2 aromatic rings. The first-order chi connectivity index (χ1) is 15.4. The average molecular weight is 437 g/mol. The van der Waals surface area contributed by atoms with Crippen molar-refractivity contribution in [2.75, 3.05) is 6.61 Å². The lowest BCUT2D eigenvalue weighted by molar-refractivity contribution is -0.137. The molecule has 1 saturated carbocycles. The van der Waals surface area contributed by atoms with E-state index in [1.54, 1.807) is 0 Å². The third kappa shape index (κ3) is 4.47. The van der Waals surface area contributed by atoms with Crippen molar-refractivity contribution in [2.24, 2.45) is 0 Å². The van der Waals surface area contributed by atoms with Gasteiger partial charge in [-0.15, -0.1) is 0 Å². The Kier molecular flexibility index (Phi) is 6.17. The summed E-state index contributed by atoms with van der Waals surface area (Å²) >= 11 is 0. The summed E-state index contributed by atoms with van der Waals surface area (Å²) in [5.41, 5.74) is 3.53. The lowest BCUT2D eigenvalue weighted by Crippen LogP contribution is -2.52. The van der Waals surface area contributed by atoms with Gasteiger partial charge in [0.25, 0.3) is 0 Å². The maximum atomic E-state index is 12.7. The summed E-state index contributed by atoms with van der Waals surface area (Å²) in [6.45, 7) is 2.11. The van der Waals surface area contributed by atoms with E-state index in [1.165, 1.54) is 0 Å². The highest BCUT2D eigenvalue weighted by Gasteiger charge is 2.52. The molecule has 1 fully saturated rings. The molecular weight excluding hydrogens is 408 g/mol. The lowest BCUT2D eigenvalue weighted by atomic mass is 9.98. The molecule has 0 saturated heterocycles. The summed E-state index contributed by atoms with van der Waals surface area (Å²) in [6, 6.07) is 15.7. The number of carbonyl (C=O) groups is 3. The Labute approximate surface area is 187 Å². The highest BCUT2D eigenvalue weighted by atomic mass is 16.5. The van der Waals surface area contributed by atoms with Crippen LogP contribution in [-0.4, -0.2) is 41.3 Å². The number of aliphatic carboxylic acids is 1.